The Morgan fingerprint density at radius 1 is 1.11 bits per heavy atom. The van der Waals surface area contributed by atoms with E-state index in [2.05, 4.69) is 10.2 Å². The van der Waals surface area contributed by atoms with Crippen LogP contribution in [0.25, 0.3) is 0 Å². The molecular formula is C11H14F2N2O2S. The Morgan fingerprint density at radius 3 is 2.17 bits per heavy atom. The molecule has 1 aromatic carbocycles. The quantitative estimate of drug-likeness (QED) is 0.898. The van der Waals surface area contributed by atoms with Crippen molar-refractivity contribution >= 4 is 15.5 Å². The predicted molar refractivity (Wildman–Crippen MR) is 64.7 cm³/mol. The minimum absolute atomic E-state index is 0.337. The molecule has 1 aliphatic heterocycles. The SMILES string of the molecule is O=S(=O)(c1ccc(N2CCNCC2)cc1)C(F)F. The van der Waals surface area contributed by atoms with Gasteiger partial charge >= 0.3 is 5.76 Å². The highest BCUT2D eigenvalue weighted by atomic mass is 32.2. The maximum Gasteiger partial charge on any atom is 0.341 e. The predicted octanol–water partition coefficient (Wildman–Crippen LogP) is 1.09. The number of halogens is 2. The lowest BCUT2D eigenvalue weighted by atomic mass is 10.2. The van der Waals surface area contributed by atoms with Gasteiger partial charge in [0.15, 0.2) is 0 Å². The summed E-state index contributed by atoms with van der Waals surface area (Å²) in [5, 5.41) is 3.20. The molecule has 1 heterocycles. The van der Waals surface area contributed by atoms with Crippen LogP contribution in [0.3, 0.4) is 0 Å². The molecule has 0 atom stereocenters. The molecular weight excluding hydrogens is 262 g/mol. The molecule has 0 aliphatic carbocycles. The second-order valence-corrected chi connectivity index (χ2v) is 5.95. The summed E-state index contributed by atoms with van der Waals surface area (Å²) in [6.07, 6.45) is 0. The van der Waals surface area contributed by atoms with E-state index in [1.807, 2.05) is 0 Å². The maximum absolute atomic E-state index is 12.3. The number of hydrogen-bond acceptors (Lipinski definition) is 4. The minimum Gasteiger partial charge on any atom is -0.369 e. The zero-order valence-corrected chi connectivity index (χ0v) is 10.5. The molecule has 1 fully saturated rings. The van der Waals surface area contributed by atoms with Crippen LogP contribution in [-0.2, 0) is 9.84 Å². The van der Waals surface area contributed by atoms with E-state index in [9.17, 15) is 17.2 Å². The molecule has 1 aliphatic rings. The Bertz CT molecular complexity index is 496. The van der Waals surface area contributed by atoms with Crippen LogP contribution in [0, 0.1) is 0 Å². The molecule has 7 heteroatoms. The molecule has 4 nitrogen and oxygen atoms in total. The number of piperazine rings is 1. The Balaban J connectivity index is 2.20. The molecule has 0 spiro atoms. The lowest BCUT2D eigenvalue weighted by Crippen LogP contribution is -2.43. The molecule has 0 amide bonds. The van der Waals surface area contributed by atoms with Crippen LogP contribution < -0.4 is 10.2 Å². The summed E-state index contributed by atoms with van der Waals surface area (Å²) in [4.78, 5) is 1.74. The normalized spacial score (nSPS) is 17.2. The molecule has 1 N–H and O–H groups in total. The van der Waals surface area contributed by atoms with E-state index in [0.29, 0.717) is 0 Å². The highest BCUT2D eigenvalue weighted by molar-refractivity contribution is 7.91. The molecule has 0 saturated carbocycles. The van der Waals surface area contributed by atoms with Gasteiger partial charge in [-0.25, -0.2) is 8.42 Å². The smallest absolute Gasteiger partial charge is 0.341 e. The number of sulfone groups is 1. The van der Waals surface area contributed by atoms with E-state index in [-0.39, 0.29) is 4.90 Å². The molecule has 0 radical (unpaired) electrons. The van der Waals surface area contributed by atoms with Crippen molar-refractivity contribution < 1.29 is 17.2 Å². The van der Waals surface area contributed by atoms with Gasteiger partial charge in [-0.05, 0) is 24.3 Å². The fraction of sp³-hybridized carbons (Fsp3) is 0.455. The summed E-state index contributed by atoms with van der Waals surface area (Å²) >= 11 is 0. The van der Waals surface area contributed by atoms with Crippen molar-refractivity contribution in [2.45, 2.75) is 10.7 Å². The molecule has 0 aromatic heterocycles. The Kier molecular flexibility index (Phi) is 3.82. The standard InChI is InChI=1S/C11H14F2N2O2S/c12-11(13)18(16,17)10-3-1-9(2-4-10)15-7-5-14-6-8-15/h1-4,11,14H,5-8H2. The van der Waals surface area contributed by atoms with Gasteiger partial charge in [0.25, 0.3) is 0 Å². The molecule has 100 valence electrons. The minimum atomic E-state index is -4.49. The summed E-state index contributed by atoms with van der Waals surface area (Å²) < 4.78 is 47.2. The number of hydrogen-bond donors (Lipinski definition) is 1. The van der Waals surface area contributed by atoms with Crippen LogP contribution in [-0.4, -0.2) is 40.4 Å². The van der Waals surface area contributed by atoms with E-state index in [4.69, 9.17) is 0 Å². The van der Waals surface area contributed by atoms with Gasteiger partial charge in [-0.15, -0.1) is 0 Å². The average molecular weight is 276 g/mol. The Morgan fingerprint density at radius 2 is 1.67 bits per heavy atom. The van der Waals surface area contributed by atoms with Crippen molar-refractivity contribution in [1.82, 2.24) is 5.32 Å². The zero-order chi connectivity index (χ0) is 13.2. The fourth-order valence-electron chi connectivity index (χ4n) is 1.87. The van der Waals surface area contributed by atoms with E-state index in [1.54, 1.807) is 12.1 Å². The van der Waals surface area contributed by atoms with Crippen molar-refractivity contribution in [3.63, 3.8) is 0 Å². The topological polar surface area (TPSA) is 49.4 Å². The second-order valence-electron chi connectivity index (χ2n) is 4.04. The summed E-state index contributed by atoms with van der Waals surface area (Å²) in [5.41, 5.74) is 0.852. The molecule has 1 aromatic rings. The van der Waals surface area contributed by atoms with E-state index in [0.717, 1.165) is 31.9 Å². The molecule has 0 bridgehead atoms. The van der Waals surface area contributed by atoms with Gasteiger partial charge in [0.2, 0.25) is 9.84 Å². The summed E-state index contributed by atoms with van der Waals surface area (Å²) in [7, 11) is -4.49. The van der Waals surface area contributed by atoms with Crippen molar-refractivity contribution in [3.8, 4) is 0 Å². The molecule has 1 saturated heterocycles. The third kappa shape index (κ3) is 2.62. The largest absolute Gasteiger partial charge is 0.369 e. The van der Waals surface area contributed by atoms with Crippen molar-refractivity contribution in [2.24, 2.45) is 0 Å². The number of rotatable bonds is 3. The Labute approximate surface area is 105 Å². The van der Waals surface area contributed by atoms with E-state index < -0.39 is 15.6 Å². The molecule has 0 unspecified atom stereocenters. The summed E-state index contributed by atoms with van der Waals surface area (Å²) in [6, 6.07) is 5.61. The first-order chi connectivity index (χ1) is 8.51. The first kappa shape index (κ1) is 13.2. The van der Waals surface area contributed by atoms with Crippen LogP contribution >= 0.6 is 0 Å². The second kappa shape index (κ2) is 5.19. The first-order valence-electron chi connectivity index (χ1n) is 5.59. The highest BCUT2D eigenvalue weighted by Crippen LogP contribution is 2.22. The first-order valence-corrected chi connectivity index (χ1v) is 7.14. The van der Waals surface area contributed by atoms with Crippen LogP contribution in [0.15, 0.2) is 29.2 Å². The summed E-state index contributed by atoms with van der Waals surface area (Å²) in [5.74, 6) is -3.37. The van der Waals surface area contributed by atoms with E-state index in [1.165, 1.54) is 12.1 Å². The third-order valence-corrected chi connectivity index (χ3v) is 4.28. The van der Waals surface area contributed by atoms with Crippen LogP contribution in [0.5, 0.6) is 0 Å². The number of anilines is 1. The van der Waals surface area contributed by atoms with Crippen molar-refractivity contribution in [3.05, 3.63) is 24.3 Å². The summed E-state index contributed by atoms with van der Waals surface area (Å²) in [6.45, 7) is 3.36. The lowest BCUT2D eigenvalue weighted by molar-refractivity contribution is 0.234. The average Bonchev–Trinajstić information content (AvgIpc) is 2.40. The van der Waals surface area contributed by atoms with Crippen LogP contribution in [0.2, 0.25) is 0 Å². The van der Waals surface area contributed by atoms with Gasteiger partial charge in [0.05, 0.1) is 4.90 Å². The van der Waals surface area contributed by atoms with Crippen LogP contribution in [0.4, 0.5) is 14.5 Å². The Hall–Kier alpha value is -1.21. The van der Waals surface area contributed by atoms with Gasteiger partial charge in [-0.1, -0.05) is 0 Å². The van der Waals surface area contributed by atoms with Crippen LogP contribution in [0.1, 0.15) is 0 Å². The monoisotopic (exact) mass is 276 g/mol. The van der Waals surface area contributed by atoms with Gasteiger partial charge in [0, 0.05) is 31.9 Å². The number of alkyl halides is 2. The highest BCUT2D eigenvalue weighted by Gasteiger charge is 2.26. The number of nitrogens with zero attached hydrogens (tertiary/aromatic N) is 1. The lowest BCUT2D eigenvalue weighted by Gasteiger charge is -2.29. The van der Waals surface area contributed by atoms with Crippen molar-refractivity contribution in [2.75, 3.05) is 31.1 Å². The van der Waals surface area contributed by atoms with Gasteiger partial charge < -0.3 is 10.2 Å². The van der Waals surface area contributed by atoms with Gasteiger partial charge in [0.1, 0.15) is 0 Å². The van der Waals surface area contributed by atoms with E-state index >= 15 is 0 Å². The molecule has 18 heavy (non-hydrogen) atoms. The molecule has 2 rings (SSSR count). The number of nitrogens with one attached hydrogen (secondary N) is 1. The third-order valence-electron chi connectivity index (χ3n) is 2.88. The number of benzene rings is 1. The van der Waals surface area contributed by atoms with Gasteiger partial charge in [-0.2, -0.15) is 8.78 Å². The zero-order valence-electron chi connectivity index (χ0n) is 9.64. The maximum atomic E-state index is 12.3. The fourth-order valence-corrected chi connectivity index (χ4v) is 2.59. The van der Waals surface area contributed by atoms with Gasteiger partial charge in [-0.3, -0.25) is 0 Å². The van der Waals surface area contributed by atoms with Crippen molar-refractivity contribution in [1.29, 1.82) is 0 Å².